The third-order valence-corrected chi connectivity index (χ3v) is 7.61. The van der Waals surface area contributed by atoms with Crippen molar-refractivity contribution >= 4 is 6.08 Å². The SMILES string of the molecule is CC[C@@]12C/C(=C\c3ccccc3)C(O)(c3ccccn3)C[C@H]1CCc1cc(O)ccc12. The van der Waals surface area contributed by atoms with Gasteiger partial charge in [0.1, 0.15) is 11.4 Å². The summed E-state index contributed by atoms with van der Waals surface area (Å²) < 4.78 is 0. The molecule has 1 unspecified atom stereocenters. The number of nitrogens with zero attached hydrogens (tertiary/aromatic N) is 1. The fraction of sp³-hybridized carbons (Fsp3) is 0.321. The molecule has 2 aliphatic rings. The molecule has 31 heavy (non-hydrogen) atoms. The Bertz CT molecular complexity index is 1110. The summed E-state index contributed by atoms with van der Waals surface area (Å²) in [4.78, 5) is 4.58. The molecule has 0 spiro atoms. The Morgan fingerprint density at radius 3 is 2.61 bits per heavy atom. The predicted molar refractivity (Wildman–Crippen MR) is 124 cm³/mol. The summed E-state index contributed by atoms with van der Waals surface area (Å²) in [5.74, 6) is 0.693. The Morgan fingerprint density at radius 1 is 1.06 bits per heavy atom. The summed E-state index contributed by atoms with van der Waals surface area (Å²) in [5.41, 5.74) is 4.33. The number of aromatic nitrogens is 1. The number of benzene rings is 2. The highest BCUT2D eigenvalue weighted by Crippen LogP contribution is 2.58. The van der Waals surface area contributed by atoms with Gasteiger partial charge in [0.05, 0.1) is 5.69 Å². The maximum atomic E-state index is 12.1. The van der Waals surface area contributed by atoms with Gasteiger partial charge >= 0.3 is 0 Å². The van der Waals surface area contributed by atoms with E-state index in [2.05, 4.69) is 36.2 Å². The van der Waals surface area contributed by atoms with Crippen LogP contribution in [-0.2, 0) is 17.4 Å². The lowest BCUT2D eigenvalue weighted by molar-refractivity contribution is -0.0116. The van der Waals surface area contributed by atoms with Gasteiger partial charge in [-0.2, -0.15) is 0 Å². The molecular formula is C28H29NO2. The van der Waals surface area contributed by atoms with Crippen molar-refractivity contribution in [2.45, 2.75) is 50.0 Å². The molecule has 5 rings (SSSR count). The van der Waals surface area contributed by atoms with Crippen LogP contribution in [0, 0.1) is 5.92 Å². The van der Waals surface area contributed by atoms with E-state index in [1.165, 1.54) is 11.1 Å². The minimum absolute atomic E-state index is 0.0388. The van der Waals surface area contributed by atoms with Gasteiger partial charge in [-0.3, -0.25) is 4.98 Å². The van der Waals surface area contributed by atoms with Crippen LogP contribution in [0.2, 0.25) is 0 Å². The number of phenolic OH excluding ortho intramolecular Hbond substituents is 1. The van der Waals surface area contributed by atoms with Crippen molar-refractivity contribution < 1.29 is 10.2 Å². The standard InChI is InChI=1S/C28H29NO2/c1-2-27-18-23(16-20-8-4-3-5-9-20)28(31,26-10-6-7-15-29-26)19-22(27)12-11-21-17-24(30)13-14-25(21)27/h3-10,13-17,22,30-31H,2,11-12,18-19H2,1H3/b23-16+/t22-,27-,28?/m1/s1. The summed E-state index contributed by atoms with van der Waals surface area (Å²) in [5, 5.41) is 22.2. The summed E-state index contributed by atoms with van der Waals surface area (Å²) in [6.07, 6.45) is 8.33. The normalized spacial score (nSPS) is 28.7. The van der Waals surface area contributed by atoms with Crippen molar-refractivity contribution in [3.05, 3.63) is 101 Å². The smallest absolute Gasteiger partial charge is 0.128 e. The van der Waals surface area contributed by atoms with Crippen LogP contribution in [0.15, 0.2) is 78.5 Å². The molecule has 3 atom stereocenters. The number of fused-ring (bicyclic) bond motifs is 3. The van der Waals surface area contributed by atoms with Gasteiger partial charge < -0.3 is 10.2 Å². The number of phenols is 1. The first kappa shape index (κ1) is 20.0. The number of aromatic hydroxyl groups is 1. The molecule has 158 valence electrons. The van der Waals surface area contributed by atoms with E-state index in [0.717, 1.165) is 42.5 Å². The molecule has 0 aliphatic heterocycles. The lowest BCUT2D eigenvalue weighted by Crippen LogP contribution is -2.50. The number of rotatable bonds is 3. The first-order valence-corrected chi connectivity index (χ1v) is 11.3. The molecule has 0 bridgehead atoms. The zero-order chi connectivity index (χ0) is 21.5. The zero-order valence-corrected chi connectivity index (χ0v) is 18.0. The van der Waals surface area contributed by atoms with Gasteiger partial charge in [-0.05, 0) is 84.6 Å². The van der Waals surface area contributed by atoms with Crippen LogP contribution in [0.25, 0.3) is 6.08 Å². The maximum absolute atomic E-state index is 12.1. The van der Waals surface area contributed by atoms with Crippen molar-refractivity contribution in [2.24, 2.45) is 5.92 Å². The van der Waals surface area contributed by atoms with Crippen molar-refractivity contribution in [3.8, 4) is 5.75 Å². The van der Waals surface area contributed by atoms with E-state index in [1.54, 1.807) is 6.20 Å². The van der Waals surface area contributed by atoms with E-state index < -0.39 is 5.60 Å². The lowest BCUT2D eigenvalue weighted by atomic mass is 9.51. The van der Waals surface area contributed by atoms with Gasteiger partial charge in [0.15, 0.2) is 0 Å². The molecule has 2 aliphatic carbocycles. The average molecular weight is 412 g/mol. The number of hydrogen-bond donors (Lipinski definition) is 2. The second-order valence-corrected chi connectivity index (χ2v) is 9.12. The van der Waals surface area contributed by atoms with Crippen molar-refractivity contribution in [2.75, 3.05) is 0 Å². The van der Waals surface area contributed by atoms with Gasteiger partial charge in [0, 0.05) is 11.6 Å². The second-order valence-electron chi connectivity index (χ2n) is 9.12. The summed E-state index contributed by atoms with van der Waals surface area (Å²) in [6.45, 7) is 2.26. The Balaban J connectivity index is 1.68. The van der Waals surface area contributed by atoms with E-state index >= 15 is 0 Å². The van der Waals surface area contributed by atoms with Crippen LogP contribution in [0.4, 0.5) is 0 Å². The molecule has 2 N–H and O–H groups in total. The van der Waals surface area contributed by atoms with Crippen molar-refractivity contribution in [3.63, 3.8) is 0 Å². The molecule has 1 saturated carbocycles. The van der Waals surface area contributed by atoms with E-state index in [9.17, 15) is 10.2 Å². The van der Waals surface area contributed by atoms with Crippen LogP contribution < -0.4 is 0 Å². The Morgan fingerprint density at radius 2 is 1.87 bits per heavy atom. The first-order valence-electron chi connectivity index (χ1n) is 11.3. The zero-order valence-electron chi connectivity index (χ0n) is 18.0. The van der Waals surface area contributed by atoms with Gasteiger partial charge in [0.2, 0.25) is 0 Å². The highest BCUT2D eigenvalue weighted by Gasteiger charge is 2.54. The number of aliphatic hydroxyl groups is 1. The highest BCUT2D eigenvalue weighted by molar-refractivity contribution is 5.58. The average Bonchev–Trinajstić information content (AvgIpc) is 2.80. The maximum Gasteiger partial charge on any atom is 0.128 e. The van der Waals surface area contributed by atoms with Crippen molar-refractivity contribution in [1.82, 2.24) is 4.98 Å². The first-order chi connectivity index (χ1) is 15.0. The van der Waals surface area contributed by atoms with Gasteiger partial charge in [-0.25, -0.2) is 0 Å². The molecule has 3 nitrogen and oxygen atoms in total. The van der Waals surface area contributed by atoms with Gasteiger partial charge in [-0.1, -0.05) is 55.5 Å². The molecule has 1 fully saturated rings. The Labute approximate surface area is 184 Å². The molecule has 0 amide bonds. The minimum atomic E-state index is -1.07. The van der Waals surface area contributed by atoms with Crippen LogP contribution in [0.3, 0.4) is 0 Å². The second kappa shape index (κ2) is 7.65. The third kappa shape index (κ3) is 3.28. The molecule has 0 saturated heterocycles. The van der Waals surface area contributed by atoms with E-state index in [-0.39, 0.29) is 5.41 Å². The van der Waals surface area contributed by atoms with Crippen LogP contribution in [0.5, 0.6) is 5.75 Å². The number of aryl methyl sites for hydroxylation is 1. The number of pyridine rings is 1. The van der Waals surface area contributed by atoms with Crippen LogP contribution in [0.1, 0.15) is 55.0 Å². The van der Waals surface area contributed by atoms with Crippen LogP contribution >= 0.6 is 0 Å². The lowest BCUT2D eigenvalue weighted by Gasteiger charge is -2.54. The largest absolute Gasteiger partial charge is 0.508 e. The summed E-state index contributed by atoms with van der Waals surface area (Å²) in [6, 6.07) is 21.9. The molecular weight excluding hydrogens is 382 g/mol. The van der Waals surface area contributed by atoms with E-state index in [0.29, 0.717) is 18.1 Å². The quantitative estimate of drug-likeness (QED) is 0.576. The van der Waals surface area contributed by atoms with Crippen LogP contribution in [-0.4, -0.2) is 15.2 Å². The highest BCUT2D eigenvalue weighted by atomic mass is 16.3. The third-order valence-electron chi connectivity index (χ3n) is 7.61. The fourth-order valence-corrected chi connectivity index (χ4v) is 6.01. The van der Waals surface area contributed by atoms with Crippen molar-refractivity contribution in [1.29, 1.82) is 0 Å². The topological polar surface area (TPSA) is 53.4 Å². The molecule has 3 aromatic rings. The molecule has 1 heterocycles. The fourth-order valence-electron chi connectivity index (χ4n) is 6.01. The molecule has 0 radical (unpaired) electrons. The summed E-state index contributed by atoms with van der Waals surface area (Å²) >= 11 is 0. The number of hydrogen-bond acceptors (Lipinski definition) is 3. The Hall–Kier alpha value is -2.91. The predicted octanol–water partition coefficient (Wildman–Crippen LogP) is 5.76. The molecule has 1 aromatic heterocycles. The molecule has 2 aromatic carbocycles. The van der Waals surface area contributed by atoms with E-state index in [4.69, 9.17) is 0 Å². The van der Waals surface area contributed by atoms with E-state index in [1.807, 2.05) is 48.5 Å². The monoisotopic (exact) mass is 411 g/mol. The van der Waals surface area contributed by atoms with Gasteiger partial charge in [0.25, 0.3) is 0 Å². The minimum Gasteiger partial charge on any atom is -0.508 e. The molecule has 3 heteroatoms. The summed E-state index contributed by atoms with van der Waals surface area (Å²) in [7, 11) is 0. The Kier molecular flexibility index (Phi) is 4.94. The van der Waals surface area contributed by atoms with Gasteiger partial charge in [-0.15, -0.1) is 0 Å².